The van der Waals surface area contributed by atoms with Crippen LogP contribution in [0.5, 0.6) is 0 Å². The number of carbonyl (C=O) groups is 3. The summed E-state index contributed by atoms with van der Waals surface area (Å²) in [5.41, 5.74) is 1.36. The van der Waals surface area contributed by atoms with Crippen LogP contribution in [0.25, 0.3) is 0 Å². The van der Waals surface area contributed by atoms with Gasteiger partial charge in [0.1, 0.15) is 12.2 Å². The molecule has 1 saturated heterocycles. The van der Waals surface area contributed by atoms with E-state index in [1.165, 1.54) is 18.6 Å². The van der Waals surface area contributed by atoms with Crippen molar-refractivity contribution in [3.05, 3.63) is 35.5 Å². The molecule has 1 aliphatic carbocycles. The van der Waals surface area contributed by atoms with Crippen molar-refractivity contribution in [3.63, 3.8) is 0 Å². The van der Waals surface area contributed by atoms with E-state index in [1.807, 2.05) is 13.0 Å². The van der Waals surface area contributed by atoms with Crippen molar-refractivity contribution in [2.45, 2.75) is 65.6 Å². The average Bonchev–Trinajstić information content (AvgIpc) is 2.78. The van der Waals surface area contributed by atoms with Gasteiger partial charge in [0.15, 0.2) is 5.78 Å². The number of carbonyl (C=O) groups excluding carboxylic acids is 3. The van der Waals surface area contributed by atoms with E-state index in [2.05, 4.69) is 19.9 Å². The fourth-order valence-electron chi connectivity index (χ4n) is 3.38. The molecule has 1 heterocycles. The van der Waals surface area contributed by atoms with E-state index < -0.39 is 23.6 Å². The Hall–Kier alpha value is -2.17. The predicted molar refractivity (Wildman–Crippen MR) is 93.7 cm³/mol. The number of ether oxygens (including phenoxy) is 2. The van der Waals surface area contributed by atoms with Gasteiger partial charge in [0, 0.05) is 13.3 Å². The highest BCUT2D eigenvalue weighted by molar-refractivity contribution is 6.00. The SMILES string of the molecule is CC(=O)O[C@@H]1C=CC(=O)C2(CC(=O)O[C@@H]2/C=C(\C)CCC=C(C)C)C1. The van der Waals surface area contributed by atoms with Crippen molar-refractivity contribution in [1.29, 1.82) is 0 Å². The van der Waals surface area contributed by atoms with Crippen LogP contribution < -0.4 is 0 Å². The Labute approximate surface area is 148 Å². The molecule has 0 N–H and O–H groups in total. The van der Waals surface area contributed by atoms with E-state index in [4.69, 9.17) is 9.47 Å². The monoisotopic (exact) mass is 346 g/mol. The van der Waals surface area contributed by atoms with E-state index in [0.717, 1.165) is 18.4 Å². The zero-order valence-electron chi connectivity index (χ0n) is 15.3. The molecule has 0 saturated carbocycles. The minimum atomic E-state index is -0.969. The number of cyclic esters (lactones) is 1. The number of hydrogen-bond donors (Lipinski definition) is 0. The maximum Gasteiger partial charge on any atom is 0.307 e. The van der Waals surface area contributed by atoms with E-state index >= 15 is 0 Å². The van der Waals surface area contributed by atoms with Gasteiger partial charge in [0.2, 0.25) is 0 Å². The molecule has 0 radical (unpaired) electrons. The number of esters is 2. The van der Waals surface area contributed by atoms with Gasteiger partial charge in [-0.05, 0) is 51.8 Å². The van der Waals surface area contributed by atoms with Crippen LogP contribution in [0.15, 0.2) is 35.5 Å². The summed E-state index contributed by atoms with van der Waals surface area (Å²) in [6.45, 7) is 7.41. The first kappa shape index (κ1) is 19.2. The van der Waals surface area contributed by atoms with Crippen molar-refractivity contribution in [2.24, 2.45) is 5.41 Å². The van der Waals surface area contributed by atoms with Gasteiger partial charge in [0.05, 0.1) is 11.8 Å². The first-order valence-corrected chi connectivity index (χ1v) is 8.63. The fraction of sp³-hybridized carbons (Fsp3) is 0.550. The third-order valence-corrected chi connectivity index (χ3v) is 4.63. The molecular weight excluding hydrogens is 320 g/mol. The molecule has 25 heavy (non-hydrogen) atoms. The summed E-state index contributed by atoms with van der Waals surface area (Å²) in [5, 5.41) is 0. The second-order valence-electron chi connectivity index (χ2n) is 7.15. The van der Waals surface area contributed by atoms with Crippen LogP contribution in [0, 0.1) is 5.41 Å². The quantitative estimate of drug-likeness (QED) is 0.563. The van der Waals surface area contributed by atoms with E-state index in [0.29, 0.717) is 0 Å². The molecule has 1 unspecified atom stereocenters. The standard InChI is InChI=1S/C20H26O5/c1-13(2)6-5-7-14(3)10-18-20(12-19(23)25-18)11-16(24-15(4)21)8-9-17(20)22/h6,8-10,16,18H,5,7,11-12H2,1-4H3/b14-10+/t16-,18-,20?/m1/s1. The molecule has 1 spiro atoms. The third kappa shape index (κ3) is 4.68. The molecule has 5 nitrogen and oxygen atoms in total. The molecule has 1 fully saturated rings. The molecule has 2 aliphatic rings. The molecule has 0 aromatic carbocycles. The number of allylic oxidation sites excluding steroid dienone is 4. The Morgan fingerprint density at radius 2 is 2.04 bits per heavy atom. The molecule has 5 heteroatoms. The maximum absolute atomic E-state index is 12.6. The largest absolute Gasteiger partial charge is 0.458 e. The lowest BCUT2D eigenvalue weighted by molar-refractivity contribution is -0.148. The van der Waals surface area contributed by atoms with Crippen molar-refractivity contribution in [1.82, 2.24) is 0 Å². The second kappa shape index (κ2) is 7.81. The van der Waals surface area contributed by atoms with Crippen LogP contribution in [-0.4, -0.2) is 29.9 Å². The number of rotatable bonds is 5. The highest BCUT2D eigenvalue weighted by Gasteiger charge is 2.55. The number of hydrogen-bond acceptors (Lipinski definition) is 5. The van der Waals surface area contributed by atoms with E-state index in [9.17, 15) is 14.4 Å². The minimum absolute atomic E-state index is 0.0242. The van der Waals surface area contributed by atoms with Gasteiger partial charge in [-0.15, -0.1) is 0 Å². The van der Waals surface area contributed by atoms with Gasteiger partial charge in [-0.25, -0.2) is 0 Å². The van der Waals surface area contributed by atoms with Crippen molar-refractivity contribution in [3.8, 4) is 0 Å². The molecule has 0 bridgehead atoms. The Morgan fingerprint density at radius 3 is 2.68 bits per heavy atom. The summed E-state index contributed by atoms with van der Waals surface area (Å²) in [6, 6.07) is 0. The Bertz CT molecular complexity index is 651. The summed E-state index contributed by atoms with van der Waals surface area (Å²) in [6.07, 6.45) is 7.96. The lowest BCUT2D eigenvalue weighted by Gasteiger charge is -2.34. The minimum Gasteiger partial charge on any atom is -0.458 e. The van der Waals surface area contributed by atoms with Crippen LogP contribution in [0.1, 0.15) is 53.4 Å². The fourth-order valence-corrected chi connectivity index (χ4v) is 3.38. The van der Waals surface area contributed by atoms with Crippen molar-refractivity contribution >= 4 is 17.7 Å². The van der Waals surface area contributed by atoms with Gasteiger partial charge < -0.3 is 9.47 Å². The Balaban J connectivity index is 2.20. The molecule has 0 aromatic rings. The molecule has 0 aromatic heterocycles. The Kier molecular flexibility index (Phi) is 5.98. The molecule has 2 rings (SSSR count). The predicted octanol–water partition coefficient (Wildman–Crippen LogP) is 3.44. The lowest BCUT2D eigenvalue weighted by Crippen LogP contribution is -2.43. The first-order chi connectivity index (χ1) is 11.7. The van der Waals surface area contributed by atoms with Crippen LogP contribution in [0.4, 0.5) is 0 Å². The van der Waals surface area contributed by atoms with Crippen LogP contribution in [0.2, 0.25) is 0 Å². The average molecular weight is 346 g/mol. The molecule has 0 amide bonds. The van der Waals surface area contributed by atoms with Crippen LogP contribution in [0.3, 0.4) is 0 Å². The lowest BCUT2D eigenvalue weighted by atomic mass is 9.69. The zero-order valence-corrected chi connectivity index (χ0v) is 15.3. The van der Waals surface area contributed by atoms with Crippen LogP contribution in [-0.2, 0) is 23.9 Å². The summed E-state index contributed by atoms with van der Waals surface area (Å²) in [4.78, 5) is 35.8. The van der Waals surface area contributed by atoms with E-state index in [1.54, 1.807) is 6.08 Å². The van der Waals surface area contributed by atoms with Crippen molar-refractivity contribution < 1.29 is 23.9 Å². The molecular formula is C20H26O5. The number of ketones is 1. The normalized spacial score (nSPS) is 28.9. The summed E-state index contributed by atoms with van der Waals surface area (Å²) in [7, 11) is 0. The maximum atomic E-state index is 12.6. The third-order valence-electron chi connectivity index (χ3n) is 4.63. The van der Waals surface area contributed by atoms with Crippen molar-refractivity contribution in [2.75, 3.05) is 0 Å². The van der Waals surface area contributed by atoms with Gasteiger partial charge in [-0.2, -0.15) is 0 Å². The summed E-state index contributed by atoms with van der Waals surface area (Å²) >= 11 is 0. The molecule has 136 valence electrons. The molecule has 3 atom stereocenters. The van der Waals surface area contributed by atoms with E-state index in [-0.39, 0.29) is 24.6 Å². The first-order valence-electron chi connectivity index (χ1n) is 8.63. The highest BCUT2D eigenvalue weighted by Crippen LogP contribution is 2.45. The van der Waals surface area contributed by atoms with Gasteiger partial charge >= 0.3 is 11.9 Å². The topological polar surface area (TPSA) is 69.7 Å². The molecule has 1 aliphatic heterocycles. The van der Waals surface area contributed by atoms with Gasteiger partial charge in [0.25, 0.3) is 0 Å². The van der Waals surface area contributed by atoms with Gasteiger partial charge in [-0.3, -0.25) is 14.4 Å². The summed E-state index contributed by atoms with van der Waals surface area (Å²) < 4.78 is 10.7. The summed E-state index contributed by atoms with van der Waals surface area (Å²) in [5.74, 6) is -0.932. The second-order valence-corrected chi connectivity index (χ2v) is 7.15. The highest BCUT2D eigenvalue weighted by atomic mass is 16.6. The Morgan fingerprint density at radius 1 is 1.32 bits per heavy atom. The van der Waals surface area contributed by atoms with Gasteiger partial charge in [-0.1, -0.05) is 17.2 Å². The zero-order chi connectivity index (χ0) is 18.6. The smallest absolute Gasteiger partial charge is 0.307 e. The van der Waals surface area contributed by atoms with Crippen LogP contribution >= 0.6 is 0 Å².